The second-order valence-corrected chi connectivity index (χ2v) is 3.62. The summed E-state index contributed by atoms with van der Waals surface area (Å²) in [5.74, 6) is 0.587. The van der Waals surface area contributed by atoms with Gasteiger partial charge in [0.1, 0.15) is 5.69 Å². The largest absolute Gasteiger partial charge is 0.325 e. The molecule has 2 heterocycles. The molecule has 0 atom stereocenters. The maximum atomic E-state index is 5.45. The molecule has 3 N–H and O–H groups in total. The number of hydrogen-bond donors (Lipinski definition) is 2. The van der Waals surface area contributed by atoms with Crippen LogP contribution in [0.5, 0.6) is 0 Å². The van der Waals surface area contributed by atoms with Crippen molar-refractivity contribution in [2.75, 3.05) is 0 Å². The molecular formula is C8H8BrN5. The summed E-state index contributed by atoms with van der Waals surface area (Å²) < 4.78 is 0.843. The van der Waals surface area contributed by atoms with Crippen LogP contribution in [0.2, 0.25) is 0 Å². The van der Waals surface area contributed by atoms with Gasteiger partial charge in [0, 0.05) is 24.6 Å². The van der Waals surface area contributed by atoms with Crippen molar-refractivity contribution in [2.24, 2.45) is 5.73 Å². The standard InChI is InChI=1S/C8H8BrN5/c9-5-3-11-8(12-4-5)7-1-6(2-10)13-14-7/h1,3-4H,2,10H2,(H,13,14). The van der Waals surface area contributed by atoms with E-state index in [2.05, 4.69) is 36.1 Å². The van der Waals surface area contributed by atoms with Crippen LogP contribution in [0.4, 0.5) is 0 Å². The first-order chi connectivity index (χ1) is 6.79. The zero-order valence-electron chi connectivity index (χ0n) is 7.24. The van der Waals surface area contributed by atoms with E-state index in [9.17, 15) is 0 Å². The molecule has 0 spiro atoms. The lowest BCUT2D eigenvalue weighted by Crippen LogP contribution is -1.95. The molecule has 72 valence electrons. The van der Waals surface area contributed by atoms with Gasteiger partial charge in [0.25, 0.3) is 0 Å². The minimum atomic E-state index is 0.434. The van der Waals surface area contributed by atoms with Crippen LogP contribution in [0, 0.1) is 0 Å². The number of aromatic amines is 1. The van der Waals surface area contributed by atoms with E-state index < -0.39 is 0 Å². The Labute approximate surface area is 88.9 Å². The number of halogens is 1. The summed E-state index contributed by atoms with van der Waals surface area (Å²) in [7, 11) is 0. The first kappa shape index (κ1) is 9.29. The van der Waals surface area contributed by atoms with Crippen molar-refractivity contribution in [1.29, 1.82) is 0 Å². The van der Waals surface area contributed by atoms with Gasteiger partial charge in [-0.3, -0.25) is 5.10 Å². The minimum Gasteiger partial charge on any atom is -0.325 e. The number of nitrogens with one attached hydrogen (secondary N) is 1. The zero-order valence-corrected chi connectivity index (χ0v) is 8.82. The predicted molar refractivity (Wildman–Crippen MR) is 55.2 cm³/mol. The highest BCUT2D eigenvalue weighted by Crippen LogP contribution is 2.13. The van der Waals surface area contributed by atoms with Crippen molar-refractivity contribution in [1.82, 2.24) is 20.2 Å². The van der Waals surface area contributed by atoms with Gasteiger partial charge in [-0.05, 0) is 22.0 Å². The Bertz CT molecular complexity index is 422. The minimum absolute atomic E-state index is 0.434. The van der Waals surface area contributed by atoms with Gasteiger partial charge < -0.3 is 5.73 Å². The van der Waals surface area contributed by atoms with E-state index in [0.29, 0.717) is 18.1 Å². The Hall–Kier alpha value is -1.27. The predicted octanol–water partition coefficient (Wildman–Crippen LogP) is 1.09. The van der Waals surface area contributed by atoms with Gasteiger partial charge in [-0.25, -0.2) is 9.97 Å². The van der Waals surface area contributed by atoms with Crippen LogP contribution in [0.15, 0.2) is 22.9 Å². The van der Waals surface area contributed by atoms with Crippen LogP contribution in [-0.2, 0) is 6.54 Å². The lowest BCUT2D eigenvalue weighted by molar-refractivity contribution is 0.946. The van der Waals surface area contributed by atoms with E-state index in [1.54, 1.807) is 12.4 Å². The number of nitrogens with two attached hydrogens (primary N) is 1. The molecule has 2 aromatic rings. The highest BCUT2D eigenvalue weighted by Gasteiger charge is 2.04. The second kappa shape index (κ2) is 3.85. The van der Waals surface area contributed by atoms with Gasteiger partial charge in [-0.2, -0.15) is 5.10 Å². The molecule has 0 amide bonds. The van der Waals surface area contributed by atoms with Crippen LogP contribution >= 0.6 is 15.9 Å². The molecular weight excluding hydrogens is 246 g/mol. The Morgan fingerprint density at radius 2 is 2.07 bits per heavy atom. The van der Waals surface area contributed by atoms with Crippen LogP contribution in [0.1, 0.15) is 5.69 Å². The summed E-state index contributed by atoms with van der Waals surface area (Å²) >= 11 is 3.26. The molecule has 0 unspecified atom stereocenters. The number of rotatable bonds is 2. The van der Waals surface area contributed by atoms with Crippen molar-refractivity contribution in [3.05, 3.63) is 28.6 Å². The quantitative estimate of drug-likeness (QED) is 0.840. The Kier molecular flexibility index (Phi) is 2.55. The molecule has 0 saturated carbocycles. The highest BCUT2D eigenvalue weighted by atomic mass is 79.9. The summed E-state index contributed by atoms with van der Waals surface area (Å²) in [6, 6.07) is 1.84. The van der Waals surface area contributed by atoms with Crippen LogP contribution in [-0.4, -0.2) is 20.2 Å². The first-order valence-corrected chi connectivity index (χ1v) is 4.81. The third-order valence-electron chi connectivity index (χ3n) is 1.70. The molecule has 0 aromatic carbocycles. The fourth-order valence-electron chi connectivity index (χ4n) is 1.03. The van der Waals surface area contributed by atoms with E-state index in [1.807, 2.05) is 6.07 Å². The molecule has 0 bridgehead atoms. The topological polar surface area (TPSA) is 80.5 Å². The number of H-pyrrole nitrogens is 1. The fraction of sp³-hybridized carbons (Fsp3) is 0.125. The van der Waals surface area contributed by atoms with Gasteiger partial charge in [0.2, 0.25) is 0 Å². The second-order valence-electron chi connectivity index (χ2n) is 2.71. The van der Waals surface area contributed by atoms with Gasteiger partial charge in [-0.1, -0.05) is 0 Å². The van der Waals surface area contributed by atoms with Crippen LogP contribution < -0.4 is 5.73 Å². The van der Waals surface area contributed by atoms with Gasteiger partial charge in [0.15, 0.2) is 5.82 Å². The summed E-state index contributed by atoms with van der Waals surface area (Å²) in [5.41, 5.74) is 7.02. The third kappa shape index (κ3) is 1.80. The first-order valence-electron chi connectivity index (χ1n) is 4.02. The zero-order chi connectivity index (χ0) is 9.97. The lowest BCUT2D eigenvalue weighted by atomic mass is 10.3. The summed E-state index contributed by atoms with van der Waals surface area (Å²) in [5, 5.41) is 6.84. The van der Waals surface area contributed by atoms with Crippen molar-refractivity contribution in [3.63, 3.8) is 0 Å². The molecule has 0 aliphatic heterocycles. The SMILES string of the molecule is NCc1cc(-c2ncc(Br)cn2)n[nH]1. The van der Waals surface area contributed by atoms with E-state index in [-0.39, 0.29) is 0 Å². The molecule has 6 heteroatoms. The van der Waals surface area contributed by atoms with Crippen molar-refractivity contribution in [3.8, 4) is 11.5 Å². The van der Waals surface area contributed by atoms with E-state index in [1.165, 1.54) is 0 Å². The molecule has 5 nitrogen and oxygen atoms in total. The molecule has 14 heavy (non-hydrogen) atoms. The Balaban J connectivity index is 2.34. The molecule has 0 aliphatic rings. The van der Waals surface area contributed by atoms with Crippen molar-refractivity contribution >= 4 is 15.9 Å². The lowest BCUT2D eigenvalue weighted by Gasteiger charge is -1.92. The molecule has 0 saturated heterocycles. The molecule has 0 aliphatic carbocycles. The average molecular weight is 254 g/mol. The van der Waals surface area contributed by atoms with E-state index in [0.717, 1.165) is 10.2 Å². The maximum absolute atomic E-state index is 5.45. The van der Waals surface area contributed by atoms with Crippen LogP contribution in [0.3, 0.4) is 0 Å². The van der Waals surface area contributed by atoms with Crippen LogP contribution in [0.25, 0.3) is 11.5 Å². The summed E-state index contributed by atoms with van der Waals surface area (Å²) in [6.07, 6.45) is 3.36. The third-order valence-corrected chi connectivity index (χ3v) is 2.11. The average Bonchev–Trinajstić information content (AvgIpc) is 2.67. The maximum Gasteiger partial charge on any atom is 0.180 e. The smallest absolute Gasteiger partial charge is 0.180 e. The molecule has 2 rings (SSSR count). The van der Waals surface area contributed by atoms with Crippen molar-refractivity contribution in [2.45, 2.75) is 6.54 Å². The molecule has 2 aromatic heterocycles. The Morgan fingerprint density at radius 3 is 2.64 bits per heavy atom. The Morgan fingerprint density at radius 1 is 1.36 bits per heavy atom. The van der Waals surface area contributed by atoms with Gasteiger partial charge >= 0.3 is 0 Å². The van der Waals surface area contributed by atoms with E-state index in [4.69, 9.17) is 5.73 Å². The normalized spacial score (nSPS) is 10.4. The van der Waals surface area contributed by atoms with E-state index >= 15 is 0 Å². The monoisotopic (exact) mass is 253 g/mol. The number of aromatic nitrogens is 4. The molecule has 0 fully saturated rings. The highest BCUT2D eigenvalue weighted by molar-refractivity contribution is 9.10. The van der Waals surface area contributed by atoms with Gasteiger partial charge in [0.05, 0.1) is 4.47 Å². The summed E-state index contributed by atoms with van der Waals surface area (Å²) in [6.45, 7) is 0.434. The van der Waals surface area contributed by atoms with Gasteiger partial charge in [-0.15, -0.1) is 0 Å². The van der Waals surface area contributed by atoms with Crippen molar-refractivity contribution < 1.29 is 0 Å². The fourth-order valence-corrected chi connectivity index (χ4v) is 1.23. The summed E-state index contributed by atoms with van der Waals surface area (Å²) in [4.78, 5) is 8.23. The number of nitrogens with zero attached hydrogens (tertiary/aromatic N) is 3. The molecule has 0 radical (unpaired) electrons. The number of hydrogen-bond acceptors (Lipinski definition) is 4.